The number of aromatic nitrogens is 9. The molecule has 0 unspecified atom stereocenters. The maximum atomic E-state index is 6.19. The zero-order valence-electron chi connectivity index (χ0n) is 71.2. The monoisotopic (exact) mass is 1730 g/mol. The lowest BCUT2D eigenvalue weighted by Gasteiger charge is -2.11. The van der Waals surface area contributed by atoms with E-state index in [1.165, 1.54) is 143 Å². The molecule has 0 aliphatic carbocycles. The van der Waals surface area contributed by atoms with Gasteiger partial charge in [0.25, 0.3) is 0 Å². The van der Waals surface area contributed by atoms with Gasteiger partial charge in [0.1, 0.15) is 11.2 Å². The largest absolute Gasteiger partial charge is 0.456 e. The first-order valence-electron chi connectivity index (χ1n) is 44.5. The molecule has 10 nitrogen and oxygen atoms in total. The molecule has 12 heteroatoms. The van der Waals surface area contributed by atoms with Gasteiger partial charge in [-0.25, -0.2) is 44.9 Å². The molecule has 0 aliphatic heterocycles. The van der Waals surface area contributed by atoms with Crippen LogP contribution in [-0.4, -0.2) is 44.9 Å². The lowest BCUT2D eigenvalue weighted by Crippen LogP contribution is -2.00. The Kier molecular flexibility index (Phi) is 18.4. The van der Waals surface area contributed by atoms with Gasteiger partial charge in [-0.2, -0.15) is 0 Å². The Morgan fingerprint density at radius 2 is 0.459 bits per heavy atom. The van der Waals surface area contributed by atoms with Crippen molar-refractivity contribution in [1.29, 1.82) is 0 Å². The molecule has 0 fully saturated rings. The van der Waals surface area contributed by atoms with Gasteiger partial charge in [0.15, 0.2) is 52.4 Å². The van der Waals surface area contributed by atoms with E-state index >= 15 is 0 Å². The van der Waals surface area contributed by atoms with E-state index in [1.54, 1.807) is 22.7 Å². The summed E-state index contributed by atoms with van der Waals surface area (Å²) in [6.45, 7) is 0. The number of hydrogen-bond donors (Lipinski definition) is 0. The average Bonchev–Trinajstić information content (AvgIpc) is 1.72. The van der Waals surface area contributed by atoms with E-state index in [-0.39, 0.29) is 0 Å². The maximum Gasteiger partial charge on any atom is 0.165 e. The SMILES string of the molecule is c1ccc(-c2nc(-c3ccc4ccc5c6ccccc6ccc5c4c3)nc(-c3cccc4oc5ccccc5c34)n2)cc1.c1ccc(-c2nc(-c3ccc4ccc5c6ccccc6ccc5c4c3)nc(-c3cccc4sc5ccccc5c34)n2)cc1.c1ccc2cc(-c3nc(-c4ccc5ccc6c7ccccc7ccc6c5c4)nc(-c4cccc5c4sc4ccccc45)n3)ccc2c1. The second-order valence-corrected chi connectivity index (χ2v) is 35.8. The Labute approximate surface area is 769 Å². The molecule has 28 aromatic rings. The number of thiophene rings is 2. The van der Waals surface area contributed by atoms with Crippen molar-refractivity contribution in [2.45, 2.75) is 0 Å². The second kappa shape index (κ2) is 31.9. The van der Waals surface area contributed by atoms with Crippen LogP contribution in [0, 0.1) is 0 Å². The predicted octanol–water partition coefficient (Wildman–Crippen LogP) is 32.8. The molecule has 6 aromatic heterocycles. The highest BCUT2D eigenvalue weighted by Crippen LogP contribution is 2.46. The van der Waals surface area contributed by atoms with Crippen molar-refractivity contribution in [3.63, 3.8) is 0 Å². The number of furan rings is 1. The quantitative estimate of drug-likeness (QED) is 0.129. The van der Waals surface area contributed by atoms with E-state index in [4.69, 9.17) is 49.3 Å². The average molecular weight is 1730 g/mol. The molecule has 618 valence electrons. The van der Waals surface area contributed by atoms with Crippen molar-refractivity contribution in [3.05, 3.63) is 431 Å². The van der Waals surface area contributed by atoms with Gasteiger partial charge in [-0.3, -0.25) is 0 Å². The zero-order chi connectivity index (χ0) is 87.6. The normalized spacial score (nSPS) is 11.8. The number of rotatable bonds is 9. The van der Waals surface area contributed by atoms with Crippen LogP contribution in [0.5, 0.6) is 0 Å². The van der Waals surface area contributed by atoms with Crippen LogP contribution in [0.25, 0.3) is 272 Å². The van der Waals surface area contributed by atoms with Crippen molar-refractivity contribution >= 4 is 193 Å². The van der Waals surface area contributed by atoms with Crippen LogP contribution in [0.1, 0.15) is 0 Å². The minimum absolute atomic E-state index is 0.616. The molecule has 0 amide bonds. The molecule has 0 atom stereocenters. The fraction of sp³-hybridized carbons (Fsp3) is 0. The van der Waals surface area contributed by atoms with Crippen LogP contribution in [0.4, 0.5) is 0 Å². The van der Waals surface area contributed by atoms with Crippen LogP contribution < -0.4 is 0 Å². The summed E-state index contributed by atoms with van der Waals surface area (Å²) in [4.78, 5) is 45.9. The number of fused-ring (bicyclic) bond motifs is 25. The number of hydrogen-bond acceptors (Lipinski definition) is 12. The number of para-hydroxylation sites is 1. The highest BCUT2D eigenvalue weighted by Gasteiger charge is 2.24. The summed E-state index contributed by atoms with van der Waals surface area (Å²) in [6, 6.07) is 151. The van der Waals surface area contributed by atoms with E-state index in [2.05, 4.69) is 352 Å². The Hall–Kier alpha value is -17.3. The molecule has 133 heavy (non-hydrogen) atoms. The number of nitrogens with zero attached hydrogens (tertiary/aromatic N) is 9. The standard InChI is InChI=1S/C43H25N3S.C39H23N3O.C39H23N3S/c1-2-10-29-24-30(18-16-26(29)8-1)41-44-42(46-43(45-41)37-14-7-13-36-35-12-5-6-15-39(35)47-40(36)37)31-19-17-28-21-22-33-32-11-4-3-9-27(32)20-23-34(33)38(28)25-31;2*1-2-10-26(11-3-1)37-40-38(42-39(41-37)32-14-8-16-35-36(32)31-13-6-7-15-34(31)43-35)27-18-17-25-20-21-29-28-12-5-4-9-24(28)19-22-30(29)33(25)23-27/h1-25H;2*1-23H. The molecule has 0 spiro atoms. The third-order valence-corrected chi connectivity index (χ3v) is 28.3. The lowest BCUT2D eigenvalue weighted by molar-refractivity contribution is 0.669. The van der Waals surface area contributed by atoms with Gasteiger partial charge >= 0.3 is 0 Å². The first-order chi connectivity index (χ1) is 65.9. The van der Waals surface area contributed by atoms with E-state index < -0.39 is 0 Å². The van der Waals surface area contributed by atoms with Crippen LogP contribution in [0.3, 0.4) is 0 Å². The fourth-order valence-electron chi connectivity index (χ4n) is 19.5. The van der Waals surface area contributed by atoms with Gasteiger partial charge in [-0.05, 0) is 168 Å². The van der Waals surface area contributed by atoms with Gasteiger partial charge in [0.2, 0.25) is 0 Å². The van der Waals surface area contributed by atoms with E-state index in [0.717, 1.165) is 77.4 Å². The third kappa shape index (κ3) is 13.6. The maximum absolute atomic E-state index is 6.19. The number of benzene rings is 22. The molecule has 0 N–H and O–H groups in total. The van der Waals surface area contributed by atoms with Crippen molar-refractivity contribution in [2.24, 2.45) is 0 Å². The molecule has 0 aliphatic rings. The van der Waals surface area contributed by atoms with E-state index in [0.29, 0.717) is 52.4 Å². The highest BCUT2D eigenvalue weighted by molar-refractivity contribution is 7.26. The van der Waals surface area contributed by atoms with Crippen LogP contribution >= 0.6 is 22.7 Å². The topological polar surface area (TPSA) is 129 Å². The van der Waals surface area contributed by atoms with Crippen LogP contribution in [0.2, 0.25) is 0 Å². The minimum Gasteiger partial charge on any atom is -0.456 e. The Morgan fingerprint density at radius 3 is 0.955 bits per heavy atom. The summed E-state index contributed by atoms with van der Waals surface area (Å²) in [5.41, 5.74) is 10.4. The van der Waals surface area contributed by atoms with Gasteiger partial charge in [-0.15, -0.1) is 22.7 Å². The molecular weight excluding hydrogens is 1660 g/mol. The Morgan fingerprint density at radius 1 is 0.150 bits per heavy atom. The highest BCUT2D eigenvalue weighted by atomic mass is 32.1. The van der Waals surface area contributed by atoms with Gasteiger partial charge < -0.3 is 4.42 Å². The molecule has 0 radical (unpaired) electrons. The van der Waals surface area contributed by atoms with Crippen molar-refractivity contribution < 1.29 is 4.42 Å². The Balaban J connectivity index is 0.000000104. The third-order valence-electron chi connectivity index (χ3n) is 25.9. The summed E-state index contributed by atoms with van der Waals surface area (Å²) in [6.07, 6.45) is 0. The van der Waals surface area contributed by atoms with Gasteiger partial charge in [0, 0.05) is 101 Å². The summed E-state index contributed by atoms with van der Waals surface area (Å²) < 4.78 is 11.1. The van der Waals surface area contributed by atoms with Gasteiger partial charge in [-0.1, -0.05) is 370 Å². The van der Waals surface area contributed by atoms with Crippen molar-refractivity contribution in [2.75, 3.05) is 0 Å². The molecule has 22 aromatic carbocycles. The van der Waals surface area contributed by atoms with E-state index in [1.807, 2.05) is 78.9 Å². The summed E-state index contributed by atoms with van der Waals surface area (Å²) in [5, 5.41) is 31.3. The lowest BCUT2D eigenvalue weighted by atomic mass is 9.96. The summed E-state index contributed by atoms with van der Waals surface area (Å²) in [7, 11) is 0. The van der Waals surface area contributed by atoms with Crippen LogP contribution in [0.15, 0.2) is 435 Å². The zero-order valence-corrected chi connectivity index (χ0v) is 72.9. The Bertz CT molecular complexity index is 9300. The molecular formula is C121H71N9OS2. The molecule has 0 saturated carbocycles. The predicted molar refractivity (Wildman–Crippen MR) is 557 cm³/mol. The summed E-state index contributed by atoms with van der Waals surface area (Å²) in [5.74, 6) is 5.91. The van der Waals surface area contributed by atoms with Gasteiger partial charge in [0.05, 0.1) is 0 Å². The molecule has 6 heterocycles. The molecule has 0 bridgehead atoms. The van der Waals surface area contributed by atoms with Crippen molar-refractivity contribution in [3.8, 4) is 102 Å². The fourth-order valence-corrected chi connectivity index (χ4v) is 21.8. The van der Waals surface area contributed by atoms with E-state index in [9.17, 15) is 0 Å². The first kappa shape index (κ1) is 76.9. The summed E-state index contributed by atoms with van der Waals surface area (Å²) >= 11 is 3.60. The minimum atomic E-state index is 0.616. The van der Waals surface area contributed by atoms with Crippen LogP contribution in [-0.2, 0) is 0 Å². The molecule has 0 saturated heterocycles. The second-order valence-electron chi connectivity index (χ2n) is 33.7. The van der Waals surface area contributed by atoms with Crippen molar-refractivity contribution in [1.82, 2.24) is 44.9 Å². The smallest absolute Gasteiger partial charge is 0.165 e. The first-order valence-corrected chi connectivity index (χ1v) is 46.1. The molecule has 28 rings (SSSR count).